The fourth-order valence-corrected chi connectivity index (χ4v) is 5.48. The Morgan fingerprint density at radius 1 is 1.29 bits per heavy atom. The summed E-state index contributed by atoms with van der Waals surface area (Å²) in [5, 5.41) is 5.50. The fourth-order valence-electron chi connectivity index (χ4n) is 4.95. The monoisotopic (exact) mass is 397 g/mol. The third-order valence-electron chi connectivity index (χ3n) is 6.20. The van der Waals surface area contributed by atoms with Gasteiger partial charge in [-0.1, -0.05) is 50.8 Å². The van der Waals surface area contributed by atoms with Gasteiger partial charge in [0.25, 0.3) is 5.91 Å². The van der Waals surface area contributed by atoms with Crippen molar-refractivity contribution in [2.45, 2.75) is 63.3 Å². The highest BCUT2D eigenvalue weighted by Gasteiger charge is 2.54. The van der Waals surface area contributed by atoms with Gasteiger partial charge in [0.1, 0.15) is 0 Å². The third-order valence-corrected chi connectivity index (χ3v) is 6.89. The Hall–Kier alpha value is -2.21. The number of benzene rings is 1. The van der Waals surface area contributed by atoms with E-state index in [1.165, 1.54) is 17.8 Å². The van der Waals surface area contributed by atoms with E-state index in [1.807, 2.05) is 34.5 Å². The van der Waals surface area contributed by atoms with Gasteiger partial charge in [-0.25, -0.2) is 4.98 Å². The van der Waals surface area contributed by atoms with E-state index in [1.54, 1.807) is 6.20 Å². The normalized spacial score (nSPS) is 20.8. The van der Waals surface area contributed by atoms with Crippen LogP contribution in [0.5, 0.6) is 0 Å². The quantitative estimate of drug-likeness (QED) is 0.786. The van der Waals surface area contributed by atoms with E-state index in [4.69, 9.17) is 0 Å². The molecule has 1 aliphatic heterocycles. The van der Waals surface area contributed by atoms with Gasteiger partial charge in [-0.2, -0.15) is 0 Å². The summed E-state index contributed by atoms with van der Waals surface area (Å²) in [6.07, 6.45) is 8.72. The van der Waals surface area contributed by atoms with Crippen molar-refractivity contribution >= 4 is 28.3 Å². The first-order valence-electron chi connectivity index (χ1n) is 10.3. The first kappa shape index (κ1) is 19.1. The molecule has 1 atom stereocenters. The summed E-state index contributed by atoms with van der Waals surface area (Å²) < 4.78 is 0. The minimum atomic E-state index is -0.430. The van der Waals surface area contributed by atoms with Crippen LogP contribution in [0.2, 0.25) is 0 Å². The van der Waals surface area contributed by atoms with Crippen molar-refractivity contribution in [3.8, 4) is 0 Å². The van der Waals surface area contributed by atoms with Gasteiger partial charge < -0.3 is 10.2 Å². The molecule has 5 nitrogen and oxygen atoms in total. The molecule has 0 saturated heterocycles. The van der Waals surface area contributed by atoms with Gasteiger partial charge in [0.05, 0.1) is 11.5 Å². The van der Waals surface area contributed by atoms with Crippen molar-refractivity contribution in [2.24, 2.45) is 0 Å². The molecule has 1 aromatic heterocycles. The number of hydrogen-bond acceptors (Lipinski definition) is 4. The first-order valence-corrected chi connectivity index (χ1v) is 11.2. The average molecular weight is 398 g/mol. The van der Waals surface area contributed by atoms with Gasteiger partial charge in [0, 0.05) is 23.7 Å². The number of fused-ring (bicyclic) bond motifs is 1. The maximum atomic E-state index is 13.5. The summed E-state index contributed by atoms with van der Waals surface area (Å²) in [7, 11) is 0. The summed E-state index contributed by atoms with van der Waals surface area (Å²) in [5.41, 5.74) is 1.12. The highest BCUT2D eigenvalue weighted by molar-refractivity contribution is 7.13. The van der Waals surface area contributed by atoms with Gasteiger partial charge in [-0.15, -0.1) is 11.3 Å². The van der Waals surface area contributed by atoms with E-state index in [9.17, 15) is 9.59 Å². The number of nitrogens with one attached hydrogen (secondary N) is 1. The Labute approximate surface area is 170 Å². The lowest BCUT2D eigenvalue weighted by atomic mass is 9.65. The van der Waals surface area contributed by atoms with Crippen molar-refractivity contribution in [1.29, 1.82) is 0 Å². The van der Waals surface area contributed by atoms with E-state index in [0.717, 1.165) is 44.1 Å². The van der Waals surface area contributed by atoms with Gasteiger partial charge >= 0.3 is 0 Å². The summed E-state index contributed by atoms with van der Waals surface area (Å²) in [6.45, 7) is 2.85. The van der Waals surface area contributed by atoms with E-state index in [0.29, 0.717) is 17.2 Å². The molecule has 1 N–H and O–H groups in total. The highest BCUT2D eigenvalue weighted by Crippen LogP contribution is 2.49. The van der Waals surface area contributed by atoms with Crippen LogP contribution in [0.1, 0.15) is 73.7 Å². The van der Waals surface area contributed by atoms with Crippen LogP contribution in [0.25, 0.3) is 0 Å². The molecule has 0 radical (unpaired) electrons. The molecule has 28 heavy (non-hydrogen) atoms. The molecular weight excluding hydrogens is 370 g/mol. The minimum absolute atomic E-state index is 0.0432. The number of nitrogens with zero attached hydrogens (tertiary/aromatic N) is 2. The maximum absolute atomic E-state index is 13.5. The zero-order valence-corrected chi connectivity index (χ0v) is 17.1. The molecule has 2 amide bonds. The Balaban J connectivity index is 1.81. The predicted molar refractivity (Wildman–Crippen MR) is 112 cm³/mol. The molecular formula is C22H27N3O2S. The second-order valence-electron chi connectivity index (χ2n) is 7.82. The van der Waals surface area contributed by atoms with Crippen LogP contribution in [0.15, 0.2) is 35.8 Å². The number of amides is 2. The van der Waals surface area contributed by atoms with Gasteiger partial charge in [-0.3, -0.25) is 9.59 Å². The van der Waals surface area contributed by atoms with E-state index in [-0.39, 0.29) is 17.7 Å². The van der Waals surface area contributed by atoms with Crippen LogP contribution < -0.4 is 5.32 Å². The predicted octanol–water partition coefficient (Wildman–Crippen LogP) is 4.82. The first-order chi connectivity index (χ1) is 13.7. The second-order valence-corrected chi connectivity index (χ2v) is 8.72. The second kappa shape index (κ2) is 8.03. The molecule has 0 unspecified atom stereocenters. The van der Waals surface area contributed by atoms with Crippen molar-refractivity contribution in [1.82, 2.24) is 9.88 Å². The Morgan fingerprint density at radius 3 is 2.79 bits per heavy atom. The smallest absolute Gasteiger partial charge is 0.254 e. The minimum Gasteiger partial charge on any atom is -0.332 e. The topological polar surface area (TPSA) is 62.3 Å². The Morgan fingerprint density at radius 2 is 2.07 bits per heavy atom. The number of rotatable bonds is 5. The number of carbonyl (C=O) groups excluding carboxylic acids is 2. The average Bonchev–Trinajstić information content (AvgIpc) is 3.22. The molecule has 2 heterocycles. The van der Waals surface area contributed by atoms with Gasteiger partial charge in [0.2, 0.25) is 5.91 Å². The maximum Gasteiger partial charge on any atom is 0.254 e. The highest BCUT2D eigenvalue weighted by atomic mass is 32.1. The number of aromatic nitrogens is 1. The summed E-state index contributed by atoms with van der Waals surface area (Å²) in [6, 6.07) is 7.67. The number of hydrogen-bond donors (Lipinski definition) is 1. The van der Waals surface area contributed by atoms with Crippen molar-refractivity contribution < 1.29 is 9.59 Å². The standard InChI is InChI=1S/C22H27N3O2S/c1-2-3-14-25-20(27)17-10-6-5-9-16(17)18(22(25)11-7-4-8-12-22)19(26)24-21-23-13-15-28-21/h5-6,9-10,13,15,18H,2-4,7-8,11-12,14H2,1H3,(H,23,24,26)/t18-/m0/s1. The molecule has 1 aliphatic carbocycles. The molecule has 4 rings (SSSR count). The molecule has 2 aromatic rings. The number of carbonyl (C=O) groups is 2. The van der Waals surface area contributed by atoms with Crippen molar-refractivity contribution in [2.75, 3.05) is 11.9 Å². The Bertz CT molecular complexity index is 843. The molecule has 0 bridgehead atoms. The van der Waals surface area contributed by atoms with E-state index >= 15 is 0 Å². The molecule has 6 heteroatoms. The van der Waals surface area contributed by atoms with Crippen LogP contribution in [0.3, 0.4) is 0 Å². The number of anilines is 1. The zero-order chi connectivity index (χ0) is 19.6. The fraction of sp³-hybridized carbons (Fsp3) is 0.500. The van der Waals surface area contributed by atoms with Crippen LogP contribution in [-0.2, 0) is 4.79 Å². The van der Waals surface area contributed by atoms with Crippen LogP contribution in [-0.4, -0.2) is 33.8 Å². The number of unbranched alkanes of at least 4 members (excludes halogenated alkanes) is 1. The van der Waals surface area contributed by atoms with Crippen molar-refractivity contribution in [3.05, 3.63) is 47.0 Å². The molecule has 1 saturated carbocycles. The molecule has 1 fully saturated rings. The SMILES string of the molecule is CCCCN1C(=O)c2ccccc2[C@@H](C(=O)Nc2nccs2)C12CCCCC2. The lowest BCUT2D eigenvalue weighted by molar-refractivity contribution is -0.122. The Kier molecular flexibility index (Phi) is 5.49. The molecule has 1 aromatic carbocycles. The number of thiazole rings is 1. The molecule has 1 spiro atoms. The van der Waals surface area contributed by atoms with Crippen LogP contribution in [0.4, 0.5) is 5.13 Å². The lowest BCUT2D eigenvalue weighted by Crippen LogP contribution is -2.62. The summed E-state index contributed by atoms with van der Waals surface area (Å²) in [4.78, 5) is 33.3. The third kappa shape index (κ3) is 3.24. The van der Waals surface area contributed by atoms with E-state index < -0.39 is 5.54 Å². The van der Waals surface area contributed by atoms with Crippen LogP contribution in [0, 0.1) is 0 Å². The van der Waals surface area contributed by atoms with E-state index in [2.05, 4.69) is 17.2 Å². The lowest BCUT2D eigenvalue weighted by Gasteiger charge is -2.53. The van der Waals surface area contributed by atoms with Crippen molar-refractivity contribution in [3.63, 3.8) is 0 Å². The molecule has 2 aliphatic rings. The van der Waals surface area contributed by atoms with Gasteiger partial charge in [-0.05, 0) is 30.9 Å². The largest absolute Gasteiger partial charge is 0.332 e. The zero-order valence-electron chi connectivity index (χ0n) is 16.3. The summed E-state index contributed by atoms with van der Waals surface area (Å²) in [5.74, 6) is -0.315. The van der Waals surface area contributed by atoms with Crippen LogP contribution >= 0.6 is 11.3 Å². The van der Waals surface area contributed by atoms with Gasteiger partial charge in [0.15, 0.2) is 5.13 Å². The molecule has 148 valence electrons. The summed E-state index contributed by atoms with van der Waals surface area (Å²) >= 11 is 1.42.